The molecular weight excluding hydrogens is 272 g/mol. The lowest BCUT2D eigenvalue weighted by atomic mass is 10.0. The summed E-state index contributed by atoms with van der Waals surface area (Å²) in [6.07, 6.45) is 0. The Balaban J connectivity index is 2.76. The van der Waals surface area contributed by atoms with E-state index in [1.807, 2.05) is 0 Å². The van der Waals surface area contributed by atoms with E-state index in [0.29, 0.717) is 0 Å². The third-order valence-corrected chi connectivity index (χ3v) is 3.41. The van der Waals surface area contributed by atoms with Crippen LogP contribution in [0, 0.1) is 0 Å². The van der Waals surface area contributed by atoms with Gasteiger partial charge in [-0.1, -0.05) is 0 Å². The Morgan fingerprint density at radius 3 is 1.84 bits per heavy atom. The van der Waals surface area contributed by atoms with Crippen LogP contribution in [-0.2, 0) is 10.1 Å². The van der Waals surface area contributed by atoms with Crippen molar-refractivity contribution >= 4 is 10.1 Å². The van der Waals surface area contributed by atoms with Crippen LogP contribution in [0.25, 0.3) is 11.1 Å². The highest BCUT2D eigenvalue weighted by Gasteiger charge is 2.19. The molecule has 4 N–H and O–H groups in total. The van der Waals surface area contributed by atoms with Crippen LogP contribution in [0.15, 0.2) is 41.3 Å². The second kappa shape index (κ2) is 4.45. The first kappa shape index (κ1) is 13.2. The molecule has 0 aliphatic rings. The Kier molecular flexibility index (Phi) is 3.09. The molecular formula is C12H10O6S. The highest BCUT2D eigenvalue weighted by molar-refractivity contribution is 7.86. The van der Waals surface area contributed by atoms with Gasteiger partial charge in [-0.2, -0.15) is 8.42 Å². The van der Waals surface area contributed by atoms with E-state index in [9.17, 15) is 23.7 Å². The van der Waals surface area contributed by atoms with E-state index in [-0.39, 0.29) is 28.4 Å². The summed E-state index contributed by atoms with van der Waals surface area (Å²) in [6.45, 7) is 0. The summed E-state index contributed by atoms with van der Waals surface area (Å²) < 4.78 is 31.7. The van der Waals surface area contributed by atoms with Crippen molar-refractivity contribution in [3.8, 4) is 28.4 Å². The lowest BCUT2D eigenvalue weighted by molar-refractivity contribution is 0.451. The monoisotopic (exact) mass is 282 g/mol. The molecule has 0 fully saturated rings. The summed E-state index contributed by atoms with van der Waals surface area (Å²) in [6, 6.07) is 6.93. The summed E-state index contributed by atoms with van der Waals surface area (Å²) in [7, 11) is -4.56. The zero-order chi connectivity index (χ0) is 14.2. The summed E-state index contributed by atoms with van der Waals surface area (Å²) in [5.74, 6) is -0.876. The minimum absolute atomic E-state index is 0.0119. The highest BCUT2D eigenvalue weighted by Crippen LogP contribution is 2.37. The van der Waals surface area contributed by atoms with Crippen LogP contribution >= 0.6 is 0 Å². The Bertz CT molecular complexity index is 736. The van der Waals surface area contributed by atoms with Gasteiger partial charge in [0.2, 0.25) is 0 Å². The van der Waals surface area contributed by atoms with Gasteiger partial charge in [-0.15, -0.1) is 0 Å². The van der Waals surface area contributed by atoms with Crippen molar-refractivity contribution in [2.45, 2.75) is 4.90 Å². The normalized spacial score (nSPS) is 11.4. The summed E-state index contributed by atoms with van der Waals surface area (Å²) >= 11 is 0. The van der Waals surface area contributed by atoms with E-state index in [0.717, 1.165) is 12.1 Å². The minimum Gasteiger partial charge on any atom is -0.508 e. The van der Waals surface area contributed by atoms with Gasteiger partial charge in [0.05, 0.1) is 0 Å². The maximum atomic E-state index is 11.3. The molecule has 0 saturated heterocycles. The first-order chi connectivity index (χ1) is 8.79. The molecule has 0 radical (unpaired) electrons. The van der Waals surface area contributed by atoms with Gasteiger partial charge in [-0.25, -0.2) is 0 Å². The zero-order valence-electron chi connectivity index (χ0n) is 9.48. The number of benzene rings is 2. The van der Waals surface area contributed by atoms with Crippen LogP contribution in [-0.4, -0.2) is 28.3 Å². The molecule has 0 unspecified atom stereocenters. The number of hydrogen-bond donors (Lipinski definition) is 4. The van der Waals surface area contributed by atoms with E-state index in [2.05, 4.69) is 0 Å². The van der Waals surface area contributed by atoms with Crippen LogP contribution in [0.2, 0.25) is 0 Å². The number of hydrogen-bond acceptors (Lipinski definition) is 5. The van der Waals surface area contributed by atoms with Crippen molar-refractivity contribution in [1.82, 2.24) is 0 Å². The predicted molar refractivity (Wildman–Crippen MR) is 66.7 cm³/mol. The van der Waals surface area contributed by atoms with Gasteiger partial charge >= 0.3 is 0 Å². The molecule has 2 aromatic carbocycles. The van der Waals surface area contributed by atoms with Gasteiger partial charge in [0, 0.05) is 23.3 Å². The molecule has 6 nitrogen and oxygen atoms in total. The van der Waals surface area contributed by atoms with Crippen molar-refractivity contribution < 1.29 is 28.3 Å². The minimum atomic E-state index is -4.56. The first-order valence-electron chi connectivity index (χ1n) is 5.12. The molecule has 0 aliphatic heterocycles. The van der Waals surface area contributed by atoms with Crippen LogP contribution < -0.4 is 0 Å². The standard InChI is InChI=1S/C12H10O6S/c13-7-1-3-9(11(15)5-7)10-4-2-8(14)6-12(10)19(16,17)18/h1-6,13-15H,(H,16,17,18). The number of rotatable bonds is 2. The molecule has 0 amide bonds. The van der Waals surface area contributed by atoms with E-state index < -0.39 is 15.0 Å². The Morgan fingerprint density at radius 2 is 1.32 bits per heavy atom. The predicted octanol–water partition coefficient (Wildman–Crippen LogP) is 1.72. The summed E-state index contributed by atoms with van der Waals surface area (Å²) in [5.41, 5.74) is 0.114. The molecule has 2 aromatic rings. The van der Waals surface area contributed by atoms with E-state index in [4.69, 9.17) is 4.55 Å². The van der Waals surface area contributed by atoms with Gasteiger partial charge in [0.1, 0.15) is 22.1 Å². The number of phenols is 3. The van der Waals surface area contributed by atoms with Crippen LogP contribution in [0.4, 0.5) is 0 Å². The van der Waals surface area contributed by atoms with Gasteiger partial charge in [-0.3, -0.25) is 4.55 Å². The first-order valence-corrected chi connectivity index (χ1v) is 6.56. The second-order valence-electron chi connectivity index (χ2n) is 3.86. The van der Waals surface area contributed by atoms with Crippen molar-refractivity contribution in [2.75, 3.05) is 0 Å². The average molecular weight is 282 g/mol. The second-order valence-corrected chi connectivity index (χ2v) is 5.25. The smallest absolute Gasteiger partial charge is 0.295 e. The highest BCUT2D eigenvalue weighted by atomic mass is 32.2. The largest absolute Gasteiger partial charge is 0.508 e. The molecule has 0 spiro atoms. The summed E-state index contributed by atoms with van der Waals surface area (Å²) in [5, 5.41) is 28.2. The fraction of sp³-hybridized carbons (Fsp3) is 0. The SMILES string of the molecule is O=S(=O)(O)c1cc(O)ccc1-c1ccc(O)cc1O. The zero-order valence-corrected chi connectivity index (χ0v) is 10.3. The van der Waals surface area contributed by atoms with Crippen LogP contribution in [0.1, 0.15) is 0 Å². The van der Waals surface area contributed by atoms with Gasteiger partial charge in [0.15, 0.2) is 0 Å². The van der Waals surface area contributed by atoms with E-state index in [1.165, 1.54) is 24.3 Å². The molecule has 100 valence electrons. The molecule has 0 atom stereocenters. The third kappa shape index (κ3) is 2.61. The third-order valence-electron chi connectivity index (χ3n) is 2.51. The fourth-order valence-electron chi connectivity index (χ4n) is 1.69. The van der Waals surface area contributed by atoms with Gasteiger partial charge < -0.3 is 15.3 Å². The number of phenolic OH excluding ortho intramolecular Hbond substituents is 3. The maximum absolute atomic E-state index is 11.3. The molecule has 0 heterocycles. The van der Waals surface area contributed by atoms with Crippen molar-refractivity contribution in [3.05, 3.63) is 36.4 Å². The molecule has 0 bridgehead atoms. The van der Waals surface area contributed by atoms with E-state index >= 15 is 0 Å². The lowest BCUT2D eigenvalue weighted by Crippen LogP contribution is -2.00. The molecule has 2 rings (SSSR count). The van der Waals surface area contributed by atoms with Gasteiger partial charge in [0.25, 0.3) is 10.1 Å². The Hall–Kier alpha value is -2.25. The number of aromatic hydroxyl groups is 3. The van der Waals surface area contributed by atoms with E-state index in [1.54, 1.807) is 0 Å². The van der Waals surface area contributed by atoms with Crippen molar-refractivity contribution in [1.29, 1.82) is 0 Å². The Labute approximate surface area is 108 Å². The molecule has 0 saturated carbocycles. The maximum Gasteiger partial charge on any atom is 0.295 e. The summed E-state index contributed by atoms with van der Waals surface area (Å²) in [4.78, 5) is -0.534. The fourth-order valence-corrected chi connectivity index (χ4v) is 2.42. The quantitative estimate of drug-likeness (QED) is 0.623. The average Bonchev–Trinajstić information content (AvgIpc) is 2.28. The van der Waals surface area contributed by atoms with Crippen molar-refractivity contribution in [2.24, 2.45) is 0 Å². The molecule has 19 heavy (non-hydrogen) atoms. The topological polar surface area (TPSA) is 115 Å². The lowest BCUT2D eigenvalue weighted by Gasteiger charge is -2.10. The van der Waals surface area contributed by atoms with Crippen molar-refractivity contribution in [3.63, 3.8) is 0 Å². The van der Waals surface area contributed by atoms with Gasteiger partial charge in [-0.05, 0) is 24.3 Å². The molecule has 0 aliphatic carbocycles. The Morgan fingerprint density at radius 1 is 0.789 bits per heavy atom. The van der Waals surface area contributed by atoms with Crippen LogP contribution in [0.5, 0.6) is 17.2 Å². The molecule has 0 aromatic heterocycles. The molecule has 7 heteroatoms. The van der Waals surface area contributed by atoms with Crippen LogP contribution in [0.3, 0.4) is 0 Å².